The molecule has 0 aromatic heterocycles. The predicted molar refractivity (Wildman–Crippen MR) is 71.1 cm³/mol. The molecular formula is C15H13F2NO2. The molecule has 0 spiro atoms. The average molecular weight is 277 g/mol. The molecule has 0 saturated heterocycles. The maximum absolute atomic E-state index is 13.7. The standard InChI is InChI=1S/C15H13F2NO2/c1-5-7-20-13-11(16)8-10(9-12(13)17)14(19)18-15(3,4)6-2/h1-2,8-9H,7H2,3-4H3,(H,18,19). The number of rotatable bonds is 4. The van der Waals surface area contributed by atoms with Crippen molar-refractivity contribution in [3.8, 4) is 30.4 Å². The summed E-state index contributed by atoms with van der Waals surface area (Å²) in [7, 11) is 0. The molecule has 1 rings (SSSR count). The quantitative estimate of drug-likeness (QED) is 0.856. The van der Waals surface area contributed by atoms with Crippen molar-refractivity contribution in [3.05, 3.63) is 29.3 Å². The Morgan fingerprint density at radius 1 is 1.35 bits per heavy atom. The lowest BCUT2D eigenvalue weighted by molar-refractivity contribution is 0.0928. The molecule has 0 saturated carbocycles. The van der Waals surface area contributed by atoms with Gasteiger partial charge in [-0.05, 0) is 26.0 Å². The van der Waals surface area contributed by atoms with E-state index in [2.05, 4.69) is 17.2 Å². The molecule has 0 heterocycles. The Hall–Kier alpha value is -2.53. The summed E-state index contributed by atoms with van der Waals surface area (Å²) >= 11 is 0. The van der Waals surface area contributed by atoms with Crippen molar-refractivity contribution in [2.45, 2.75) is 19.4 Å². The van der Waals surface area contributed by atoms with Crippen LogP contribution in [-0.4, -0.2) is 18.1 Å². The average Bonchev–Trinajstić information content (AvgIpc) is 2.37. The number of carbonyl (C=O) groups excluding carboxylic acids is 1. The third-order valence-electron chi connectivity index (χ3n) is 2.35. The molecule has 0 atom stereocenters. The van der Waals surface area contributed by atoms with Gasteiger partial charge in [-0.15, -0.1) is 12.8 Å². The van der Waals surface area contributed by atoms with E-state index in [-0.39, 0.29) is 12.2 Å². The van der Waals surface area contributed by atoms with Gasteiger partial charge in [0.1, 0.15) is 6.61 Å². The van der Waals surface area contributed by atoms with Gasteiger partial charge in [-0.2, -0.15) is 0 Å². The molecule has 1 amide bonds. The number of terminal acetylenes is 2. The Balaban J connectivity index is 3.03. The molecule has 104 valence electrons. The van der Waals surface area contributed by atoms with Crippen molar-refractivity contribution in [2.75, 3.05) is 6.61 Å². The number of amides is 1. The van der Waals surface area contributed by atoms with Gasteiger partial charge in [0, 0.05) is 5.56 Å². The molecule has 20 heavy (non-hydrogen) atoms. The lowest BCUT2D eigenvalue weighted by atomic mass is 10.1. The molecule has 1 N–H and O–H groups in total. The lowest BCUT2D eigenvalue weighted by Gasteiger charge is -2.19. The molecule has 0 aliphatic heterocycles. The summed E-state index contributed by atoms with van der Waals surface area (Å²) in [6.07, 6.45) is 10.2. The first kappa shape index (κ1) is 15.5. The number of nitrogens with one attached hydrogen (secondary N) is 1. The minimum absolute atomic E-state index is 0.198. The van der Waals surface area contributed by atoms with Crippen LogP contribution in [0.2, 0.25) is 0 Å². The van der Waals surface area contributed by atoms with Crippen molar-refractivity contribution < 1.29 is 18.3 Å². The predicted octanol–water partition coefficient (Wildman–Crippen LogP) is 2.12. The second-order valence-corrected chi connectivity index (χ2v) is 4.49. The monoisotopic (exact) mass is 277 g/mol. The van der Waals surface area contributed by atoms with E-state index in [0.29, 0.717) is 0 Å². The van der Waals surface area contributed by atoms with Crippen LogP contribution >= 0.6 is 0 Å². The van der Waals surface area contributed by atoms with Gasteiger partial charge in [-0.25, -0.2) is 8.78 Å². The summed E-state index contributed by atoms with van der Waals surface area (Å²) in [5.74, 6) is 1.11. The zero-order valence-electron chi connectivity index (χ0n) is 11.1. The Morgan fingerprint density at radius 3 is 2.35 bits per heavy atom. The van der Waals surface area contributed by atoms with Crippen LogP contribution in [0.15, 0.2) is 12.1 Å². The third-order valence-corrected chi connectivity index (χ3v) is 2.35. The van der Waals surface area contributed by atoms with Gasteiger partial charge in [-0.1, -0.05) is 11.8 Å². The maximum atomic E-state index is 13.7. The van der Waals surface area contributed by atoms with E-state index in [9.17, 15) is 13.6 Å². The molecule has 0 unspecified atom stereocenters. The number of ether oxygens (including phenoxy) is 1. The molecular weight excluding hydrogens is 264 g/mol. The van der Waals surface area contributed by atoms with Gasteiger partial charge >= 0.3 is 0 Å². The highest BCUT2D eigenvalue weighted by atomic mass is 19.1. The van der Waals surface area contributed by atoms with Crippen LogP contribution < -0.4 is 10.1 Å². The number of carbonyl (C=O) groups is 1. The fourth-order valence-corrected chi connectivity index (χ4v) is 1.33. The summed E-state index contributed by atoms with van der Waals surface area (Å²) in [6, 6.07) is 1.72. The Labute approximate surface area is 116 Å². The van der Waals surface area contributed by atoms with E-state index in [1.807, 2.05) is 0 Å². The zero-order chi connectivity index (χ0) is 15.3. The third kappa shape index (κ3) is 3.73. The van der Waals surface area contributed by atoms with Gasteiger partial charge in [0.25, 0.3) is 5.91 Å². The molecule has 3 nitrogen and oxygen atoms in total. The molecule has 0 aliphatic rings. The second-order valence-electron chi connectivity index (χ2n) is 4.49. The minimum Gasteiger partial charge on any atom is -0.475 e. The van der Waals surface area contributed by atoms with Gasteiger partial charge in [0.05, 0.1) is 5.54 Å². The highest BCUT2D eigenvalue weighted by molar-refractivity contribution is 5.95. The van der Waals surface area contributed by atoms with Crippen LogP contribution in [0.25, 0.3) is 0 Å². The van der Waals surface area contributed by atoms with E-state index in [0.717, 1.165) is 12.1 Å². The number of benzene rings is 1. The first-order valence-electron chi connectivity index (χ1n) is 5.66. The molecule has 0 aliphatic carbocycles. The maximum Gasteiger partial charge on any atom is 0.252 e. The van der Waals surface area contributed by atoms with Crippen LogP contribution in [-0.2, 0) is 0 Å². The topological polar surface area (TPSA) is 38.3 Å². The SMILES string of the molecule is C#CCOc1c(F)cc(C(=O)NC(C)(C)C#C)cc1F. The highest BCUT2D eigenvalue weighted by Crippen LogP contribution is 2.23. The van der Waals surface area contributed by atoms with E-state index in [1.54, 1.807) is 13.8 Å². The lowest BCUT2D eigenvalue weighted by Crippen LogP contribution is -2.42. The van der Waals surface area contributed by atoms with E-state index < -0.39 is 28.8 Å². The smallest absolute Gasteiger partial charge is 0.252 e. The van der Waals surface area contributed by atoms with E-state index in [4.69, 9.17) is 17.6 Å². The van der Waals surface area contributed by atoms with Gasteiger partial charge < -0.3 is 10.1 Å². The van der Waals surface area contributed by atoms with Crippen molar-refractivity contribution in [2.24, 2.45) is 0 Å². The molecule has 0 radical (unpaired) electrons. The highest BCUT2D eigenvalue weighted by Gasteiger charge is 2.21. The Kier molecular flexibility index (Phi) is 4.72. The molecule has 5 heteroatoms. The first-order valence-corrected chi connectivity index (χ1v) is 5.66. The normalized spacial score (nSPS) is 10.3. The molecule has 1 aromatic carbocycles. The zero-order valence-corrected chi connectivity index (χ0v) is 11.1. The van der Waals surface area contributed by atoms with Crippen LogP contribution in [0.1, 0.15) is 24.2 Å². The summed E-state index contributed by atoms with van der Waals surface area (Å²) in [4.78, 5) is 11.8. The summed E-state index contributed by atoms with van der Waals surface area (Å²) in [5, 5.41) is 2.46. The summed E-state index contributed by atoms with van der Waals surface area (Å²) < 4.78 is 32.0. The first-order chi connectivity index (χ1) is 9.30. The van der Waals surface area contributed by atoms with Gasteiger partial charge in [0.2, 0.25) is 0 Å². The largest absolute Gasteiger partial charge is 0.475 e. The molecule has 1 aromatic rings. The van der Waals surface area contributed by atoms with Crippen molar-refractivity contribution in [1.29, 1.82) is 0 Å². The Bertz CT molecular complexity index is 586. The molecule has 0 bridgehead atoms. The molecule has 0 fully saturated rings. The number of hydrogen-bond acceptors (Lipinski definition) is 2. The van der Waals surface area contributed by atoms with Crippen molar-refractivity contribution in [1.82, 2.24) is 5.32 Å². The minimum atomic E-state index is -1.01. The fourth-order valence-electron chi connectivity index (χ4n) is 1.33. The summed E-state index contributed by atoms with van der Waals surface area (Å²) in [6.45, 7) is 2.90. The van der Waals surface area contributed by atoms with Gasteiger partial charge in [-0.3, -0.25) is 4.79 Å². The van der Waals surface area contributed by atoms with Gasteiger partial charge in [0.15, 0.2) is 17.4 Å². The van der Waals surface area contributed by atoms with Crippen LogP contribution in [0.5, 0.6) is 5.75 Å². The number of hydrogen-bond donors (Lipinski definition) is 1. The van der Waals surface area contributed by atoms with Crippen LogP contribution in [0, 0.1) is 36.3 Å². The van der Waals surface area contributed by atoms with Crippen molar-refractivity contribution in [3.63, 3.8) is 0 Å². The Morgan fingerprint density at radius 2 is 1.90 bits per heavy atom. The van der Waals surface area contributed by atoms with E-state index >= 15 is 0 Å². The van der Waals surface area contributed by atoms with Crippen molar-refractivity contribution >= 4 is 5.91 Å². The van der Waals surface area contributed by atoms with E-state index in [1.165, 1.54) is 0 Å². The number of halogens is 2. The fraction of sp³-hybridized carbons (Fsp3) is 0.267. The summed E-state index contributed by atoms with van der Waals surface area (Å²) in [5.41, 5.74) is -1.13. The van der Waals surface area contributed by atoms with Crippen LogP contribution in [0.4, 0.5) is 8.78 Å². The van der Waals surface area contributed by atoms with Crippen LogP contribution in [0.3, 0.4) is 0 Å². The second kappa shape index (κ2) is 6.08.